The Hall–Kier alpha value is -0.270. The zero-order valence-electron chi connectivity index (χ0n) is 10.2. The van der Waals surface area contributed by atoms with Gasteiger partial charge >= 0.3 is 0 Å². The molecule has 0 heterocycles. The summed E-state index contributed by atoms with van der Waals surface area (Å²) in [6, 6.07) is 2.97. The van der Waals surface area contributed by atoms with Crippen molar-refractivity contribution in [1.82, 2.24) is 4.72 Å². The van der Waals surface area contributed by atoms with E-state index in [1.54, 1.807) is 24.8 Å². The summed E-state index contributed by atoms with van der Waals surface area (Å²) in [7, 11) is -3.58. The molecular formula is C11H16ClNO3S2. The van der Waals surface area contributed by atoms with Gasteiger partial charge in [-0.1, -0.05) is 11.6 Å². The van der Waals surface area contributed by atoms with Gasteiger partial charge in [-0.3, -0.25) is 0 Å². The Morgan fingerprint density at radius 2 is 2.11 bits per heavy atom. The molecule has 1 aromatic carbocycles. The number of aliphatic hydroxyl groups excluding tert-OH is 1. The highest BCUT2D eigenvalue weighted by atomic mass is 35.5. The summed E-state index contributed by atoms with van der Waals surface area (Å²) in [4.78, 5) is 0.125. The molecule has 0 saturated carbocycles. The lowest BCUT2D eigenvalue weighted by Crippen LogP contribution is -2.27. The maximum Gasteiger partial charge on any atom is 0.240 e. The molecule has 102 valence electrons. The fourth-order valence-corrected chi connectivity index (χ4v) is 3.59. The molecule has 0 amide bonds. The van der Waals surface area contributed by atoms with Crippen molar-refractivity contribution in [3.63, 3.8) is 0 Å². The standard InChI is InChI=1S/C11H16ClNO3S2/c1-8-9(7-14)5-10(12)6-11(8)18(15,16)13-3-4-17-2/h5-6,13-14H,3-4,7H2,1-2H3. The molecule has 18 heavy (non-hydrogen) atoms. The number of hydrogen-bond donors (Lipinski definition) is 2. The van der Waals surface area contributed by atoms with Gasteiger partial charge in [0.2, 0.25) is 10.0 Å². The minimum Gasteiger partial charge on any atom is -0.392 e. The van der Waals surface area contributed by atoms with Gasteiger partial charge in [0, 0.05) is 17.3 Å². The number of sulfonamides is 1. The van der Waals surface area contributed by atoms with Crippen molar-refractivity contribution >= 4 is 33.4 Å². The van der Waals surface area contributed by atoms with Crippen LogP contribution in [-0.2, 0) is 16.6 Å². The summed E-state index contributed by atoms with van der Waals surface area (Å²) < 4.78 is 26.7. The van der Waals surface area contributed by atoms with Crippen LogP contribution in [0.15, 0.2) is 17.0 Å². The zero-order valence-corrected chi connectivity index (χ0v) is 12.6. The maximum atomic E-state index is 12.1. The molecule has 0 radical (unpaired) electrons. The van der Waals surface area contributed by atoms with Crippen molar-refractivity contribution in [3.8, 4) is 0 Å². The second-order valence-corrected chi connectivity index (χ2v) is 6.89. The molecule has 0 aliphatic heterocycles. The molecule has 2 N–H and O–H groups in total. The second-order valence-electron chi connectivity index (χ2n) is 3.74. The summed E-state index contributed by atoms with van der Waals surface area (Å²) in [5, 5.41) is 9.47. The van der Waals surface area contributed by atoms with Gasteiger partial charge in [0.25, 0.3) is 0 Å². The SMILES string of the molecule is CSCCNS(=O)(=O)c1cc(Cl)cc(CO)c1C. The average Bonchev–Trinajstić information content (AvgIpc) is 2.31. The molecule has 0 atom stereocenters. The average molecular weight is 310 g/mol. The monoisotopic (exact) mass is 309 g/mol. The lowest BCUT2D eigenvalue weighted by atomic mass is 10.1. The van der Waals surface area contributed by atoms with E-state index in [1.165, 1.54) is 6.07 Å². The van der Waals surface area contributed by atoms with E-state index in [4.69, 9.17) is 16.7 Å². The van der Waals surface area contributed by atoms with Crippen LogP contribution in [0.25, 0.3) is 0 Å². The van der Waals surface area contributed by atoms with E-state index in [2.05, 4.69) is 4.72 Å². The Kier molecular flexibility index (Phi) is 5.94. The summed E-state index contributed by atoms with van der Waals surface area (Å²) in [6.45, 7) is 1.79. The predicted molar refractivity (Wildman–Crippen MR) is 75.7 cm³/mol. The molecule has 7 heteroatoms. The molecule has 0 saturated heterocycles. The third-order valence-electron chi connectivity index (χ3n) is 2.49. The molecule has 1 aromatic rings. The lowest BCUT2D eigenvalue weighted by Gasteiger charge is -2.12. The molecule has 0 aliphatic rings. The number of halogens is 1. The Morgan fingerprint density at radius 1 is 1.44 bits per heavy atom. The largest absolute Gasteiger partial charge is 0.392 e. The fourth-order valence-electron chi connectivity index (χ4n) is 1.51. The van der Waals surface area contributed by atoms with Crippen LogP contribution in [0, 0.1) is 6.92 Å². The van der Waals surface area contributed by atoms with Crippen LogP contribution in [0.4, 0.5) is 0 Å². The number of nitrogens with one attached hydrogen (secondary N) is 1. The number of thioether (sulfide) groups is 1. The first-order chi connectivity index (χ1) is 8.42. The first-order valence-electron chi connectivity index (χ1n) is 5.31. The topological polar surface area (TPSA) is 66.4 Å². The van der Waals surface area contributed by atoms with Gasteiger partial charge < -0.3 is 5.11 Å². The normalized spacial score (nSPS) is 11.8. The first kappa shape index (κ1) is 15.8. The van der Waals surface area contributed by atoms with Crippen molar-refractivity contribution in [1.29, 1.82) is 0 Å². The van der Waals surface area contributed by atoms with Crippen LogP contribution < -0.4 is 4.72 Å². The highest BCUT2D eigenvalue weighted by Gasteiger charge is 2.19. The van der Waals surface area contributed by atoms with Gasteiger partial charge in [0.1, 0.15) is 0 Å². The highest BCUT2D eigenvalue weighted by molar-refractivity contribution is 7.98. The quantitative estimate of drug-likeness (QED) is 0.786. The highest BCUT2D eigenvalue weighted by Crippen LogP contribution is 2.24. The molecule has 0 fully saturated rings. The number of aliphatic hydroxyl groups is 1. The van der Waals surface area contributed by atoms with Crippen molar-refractivity contribution in [2.75, 3.05) is 18.6 Å². The number of rotatable bonds is 6. The number of hydrogen-bond acceptors (Lipinski definition) is 4. The van der Waals surface area contributed by atoms with Crippen LogP contribution in [-0.4, -0.2) is 32.1 Å². The van der Waals surface area contributed by atoms with Crippen molar-refractivity contribution < 1.29 is 13.5 Å². The summed E-state index contributed by atoms with van der Waals surface area (Å²) >= 11 is 7.42. The molecule has 1 rings (SSSR count). The van der Waals surface area contributed by atoms with Gasteiger partial charge in [-0.2, -0.15) is 11.8 Å². The van der Waals surface area contributed by atoms with Crippen LogP contribution in [0.5, 0.6) is 0 Å². The number of benzene rings is 1. The molecular weight excluding hydrogens is 294 g/mol. The molecule has 0 aromatic heterocycles. The van der Waals surface area contributed by atoms with E-state index in [0.717, 1.165) is 0 Å². The minimum atomic E-state index is -3.58. The van der Waals surface area contributed by atoms with Crippen molar-refractivity contribution in [2.45, 2.75) is 18.4 Å². The molecule has 0 spiro atoms. The Balaban J connectivity index is 3.12. The minimum absolute atomic E-state index is 0.125. The summed E-state index contributed by atoms with van der Waals surface area (Å²) in [5.74, 6) is 0.700. The van der Waals surface area contributed by atoms with Gasteiger partial charge in [-0.15, -0.1) is 0 Å². The lowest BCUT2D eigenvalue weighted by molar-refractivity contribution is 0.280. The van der Waals surface area contributed by atoms with Crippen LogP contribution in [0.1, 0.15) is 11.1 Å². The van der Waals surface area contributed by atoms with E-state index in [-0.39, 0.29) is 11.5 Å². The Labute approximate surface area is 117 Å². The Bertz CT molecular complexity index is 517. The summed E-state index contributed by atoms with van der Waals surface area (Å²) in [5.41, 5.74) is 1.05. The van der Waals surface area contributed by atoms with Crippen LogP contribution in [0.2, 0.25) is 5.02 Å². The maximum absolute atomic E-state index is 12.1. The van der Waals surface area contributed by atoms with Gasteiger partial charge in [0.05, 0.1) is 11.5 Å². The van der Waals surface area contributed by atoms with Crippen LogP contribution in [0.3, 0.4) is 0 Å². The van der Waals surface area contributed by atoms with Gasteiger partial charge in [0.15, 0.2) is 0 Å². The molecule has 0 aliphatic carbocycles. The fraction of sp³-hybridized carbons (Fsp3) is 0.455. The second kappa shape index (κ2) is 6.77. The van der Waals surface area contributed by atoms with Crippen molar-refractivity contribution in [3.05, 3.63) is 28.3 Å². The van der Waals surface area contributed by atoms with Gasteiger partial charge in [-0.05, 0) is 36.4 Å². The van der Waals surface area contributed by atoms with Crippen LogP contribution >= 0.6 is 23.4 Å². The van der Waals surface area contributed by atoms with E-state index in [0.29, 0.717) is 28.4 Å². The van der Waals surface area contributed by atoms with E-state index >= 15 is 0 Å². The third kappa shape index (κ3) is 3.86. The summed E-state index contributed by atoms with van der Waals surface area (Å²) in [6.07, 6.45) is 1.91. The van der Waals surface area contributed by atoms with E-state index < -0.39 is 10.0 Å². The Morgan fingerprint density at radius 3 is 2.67 bits per heavy atom. The van der Waals surface area contributed by atoms with E-state index in [1.807, 2.05) is 6.26 Å². The molecule has 0 bridgehead atoms. The predicted octanol–water partition coefficient (Wildman–Crippen LogP) is 1.78. The van der Waals surface area contributed by atoms with Crippen molar-refractivity contribution in [2.24, 2.45) is 0 Å². The van der Waals surface area contributed by atoms with E-state index in [9.17, 15) is 8.42 Å². The zero-order chi connectivity index (χ0) is 13.8. The first-order valence-corrected chi connectivity index (χ1v) is 8.56. The van der Waals surface area contributed by atoms with Gasteiger partial charge in [-0.25, -0.2) is 13.1 Å². The molecule has 0 unspecified atom stereocenters. The smallest absolute Gasteiger partial charge is 0.240 e. The third-order valence-corrected chi connectivity index (χ3v) is 4.91. The molecule has 4 nitrogen and oxygen atoms in total.